The second-order valence-electron chi connectivity index (χ2n) is 2.08. The van der Waals surface area contributed by atoms with Gasteiger partial charge in [-0.3, -0.25) is 6.08 Å². The van der Waals surface area contributed by atoms with Crippen LogP contribution in [0, 0.1) is 12.1 Å². The van der Waals surface area contributed by atoms with Crippen LogP contribution in [-0.4, -0.2) is 0 Å². The summed E-state index contributed by atoms with van der Waals surface area (Å²) in [4.78, 5) is 0. The van der Waals surface area contributed by atoms with Gasteiger partial charge in [-0.15, -0.1) is 6.42 Å². The second-order valence-corrected chi connectivity index (χ2v) is 2.08. The molecule has 0 spiro atoms. The van der Waals surface area contributed by atoms with E-state index in [0.717, 1.165) is 6.42 Å². The summed E-state index contributed by atoms with van der Waals surface area (Å²) in [5, 5.41) is 0. The molecule has 0 N–H and O–H groups in total. The van der Waals surface area contributed by atoms with Crippen molar-refractivity contribution in [2.24, 2.45) is 0 Å². The first-order chi connectivity index (χ1) is 5.50. The molecule has 1 aliphatic rings. The number of benzene rings is 1. The minimum Gasteiger partial charge on any atom is -0.273 e. The van der Waals surface area contributed by atoms with E-state index in [1.54, 1.807) is 0 Å². The van der Waals surface area contributed by atoms with Crippen LogP contribution >= 0.6 is 0 Å². The Morgan fingerprint density at radius 1 is 1.00 bits per heavy atom. The van der Waals surface area contributed by atoms with E-state index in [2.05, 4.69) is 18.2 Å². The Bertz CT molecular complexity index is 187. The van der Waals surface area contributed by atoms with Gasteiger partial charge >= 0.3 is 18.6 Å². The van der Waals surface area contributed by atoms with Crippen LogP contribution in [0.15, 0.2) is 48.6 Å². The van der Waals surface area contributed by atoms with Crippen molar-refractivity contribution in [3.05, 3.63) is 60.7 Å². The Morgan fingerprint density at radius 2 is 1.75 bits per heavy atom. The standard InChI is InChI=1S/C6H5.C5H5.V/c1-2-4-6-5-3-1;1-2-4-5-3-1;/h1-5H;1-3H,4H2;/q2*-1;+2. The molecule has 0 atom stereocenters. The van der Waals surface area contributed by atoms with Crippen molar-refractivity contribution in [1.29, 1.82) is 0 Å². The Labute approximate surface area is 85.9 Å². The fraction of sp³-hybridized carbons (Fsp3) is 0.0909. The Morgan fingerprint density at radius 3 is 1.92 bits per heavy atom. The van der Waals surface area contributed by atoms with Crippen molar-refractivity contribution in [3.63, 3.8) is 0 Å². The average molecular weight is 193 g/mol. The molecule has 12 heavy (non-hydrogen) atoms. The molecular weight excluding hydrogens is 183 g/mol. The summed E-state index contributed by atoms with van der Waals surface area (Å²) in [6, 6.07) is 12.5. The normalized spacial score (nSPS) is 11.3. The maximum atomic E-state index is 2.99. The maximum absolute atomic E-state index is 2.99. The van der Waals surface area contributed by atoms with E-state index in [-0.39, 0.29) is 18.6 Å². The molecule has 0 heterocycles. The third kappa shape index (κ3) is 6.02. The van der Waals surface area contributed by atoms with Gasteiger partial charge in [-0.2, -0.15) is 42.5 Å². The molecule has 0 unspecified atom stereocenters. The van der Waals surface area contributed by atoms with Crippen LogP contribution in [0.2, 0.25) is 0 Å². The van der Waals surface area contributed by atoms with Gasteiger partial charge in [0, 0.05) is 0 Å². The summed E-state index contributed by atoms with van der Waals surface area (Å²) in [5.41, 5.74) is 0. The molecule has 0 aliphatic heterocycles. The van der Waals surface area contributed by atoms with E-state index in [0.29, 0.717) is 0 Å². The predicted octanol–water partition coefficient (Wildman–Crippen LogP) is 2.79. The van der Waals surface area contributed by atoms with Gasteiger partial charge < -0.3 is 0 Å². The molecule has 1 aliphatic carbocycles. The largest absolute Gasteiger partial charge is 2.00 e. The van der Waals surface area contributed by atoms with E-state index >= 15 is 0 Å². The minimum atomic E-state index is 0. The van der Waals surface area contributed by atoms with E-state index in [9.17, 15) is 0 Å². The zero-order chi connectivity index (χ0) is 7.78. The minimum absolute atomic E-state index is 0. The molecular formula is C11H10V. The summed E-state index contributed by atoms with van der Waals surface area (Å²) < 4.78 is 0. The molecule has 1 heteroatoms. The first-order valence-electron chi connectivity index (χ1n) is 3.63. The summed E-state index contributed by atoms with van der Waals surface area (Å²) >= 11 is 0. The van der Waals surface area contributed by atoms with E-state index in [1.165, 1.54) is 0 Å². The number of hydrogen-bond donors (Lipinski definition) is 0. The number of allylic oxidation sites excluding steroid dienone is 4. The van der Waals surface area contributed by atoms with Crippen molar-refractivity contribution in [1.82, 2.24) is 0 Å². The summed E-state index contributed by atoms with van der Waals surface area (Å²) in [7, 11) is 0. The van der Waals surface area contributed by atoms with Gasteiger partial charge in [0.15, 0.2) is 0 Å². The van der Waals surface area contributed by atoms with Crippen molar-refractivity contribution < 1.29 is 18.6 Å². The van der Waals surface area contributed by atoms with Crippen LogP contribution in [0.3, 0.4) is 0 Å². The van der Waals surface area contributed by atoms with Crippen LogP contribution in [-0.2, 0) is 18.6 Å². The van der Waals surface area contributed by atoms with Gasteiger partial charge in [-0.25, -0.2) is 12.2 Å². The van der Waals surface area contributed by atoms with Crippen LogP contribution < -0.4 is 0 Å². The van der Waals surface area contributed by atoms with Crippen molar-refractivity contribution >= 4 is 0 Å². The van der Waals surface area contributed by atoms with Crippen molar-refractivity contribution in [2.45, 2.75) is 6.42 Å². The fourth-order valence-corrected chi connectivity index (χ4v) is 0.682. The maximum Gasteiger partial charge on any atom is 2.00 e. The first kappa shape index (κ1) is 11.3. The van der Waals surface area contributed by atoms with E-state index < -0.39 is 0 Å². The van der Waals surface area contributed by atoms with Gasteiger partial charge in [0.05, 0.1) is 0 Å². The summed E-state index contributed by atoms with van der Waals surface area (Å²) in [6.07, 6.45) is 10.0. The van der Waals surface area contributed by atoms with Crippen LogP contribution in [0.5, 0.6) is 0 Å². The van der Waals surface area contributed by atoms with Gasteiger partial charge in [0.1, 0.15) is 0 Å². The monoisotopic (exact) mass is 193 g/mol. The number of rotatable bonds is 0. The predicted molar refractivity (Wildman–Crippen MR) is 46.8 cm³/mol. The Balaban J connectivity index is 0.000000189. The Hall–Kier alpha value is -0.716. The smallest absolute Gasteiger partial charge is 0.273 e. The van der Waals surface area contributed by atoms with Crippen molar-refractivity contribution in [2.75, 3.05) is 0 Å². The van der Waals surface area contributed by atoms with E-state index in [4.69, 9.17) is 0 Å². The van der Waals surface area contributed by atoms with Crippen LogP contribution in [0.4, 0.5) is 0 Å². The molecule has 0 bridgehead atoms. The molecule has 0 saturated carbocycles. The molecule has 1 radical (unpaired) electrons. The van der Waals surface area contributed by atoms with Gasteiger partial charge in [0.25, 0.3) is 0 Å². The average Bonchev–Trinajstić information content (AvgIpc) is 2.64. The van der Waals surface area contributed by atoms with Gasteiger partial charge in [-0.05, 0) is 0 Å². The number of hydrogen-bond acceptors (Lipinski definition) is 0. The van der Waals surface area contributed by atoms with Crippen LogP contribution in [0.25, 0.3) is 0 Å². The SMILES string of the molecule is [C-]1=CC=CC1.[V+2].[c-]1ccccc1. The van der Waals surface area contributed by atoms with Gasteiger partial charge in [0.2, 0.25) is 0 Å². The van der Waals surface area contributed by atoms with Crippen molar-refractivity contribution in [3.8, 4) is 0 Å². The fourth-order valence-electron chi connectivity index (χ4n) is 0.682. The quantitative estimate of drug-likeness (QED) is 0.556. The molecule has 0 amide bonds. The topological polar surface area (TPSA) is 0 Å². The molecule has 1 aromatic carbocycles. The molecule has 59 valence electrons. The molecule has 0 fully saturated rings. The third-order valence-corrected chi connectivity index (χ3v) is 1.19. The Kier molecular flexibility index (Phi) is 7.88. The zero-order valence-electron chi connectivity index (χ0n) is 6.77. The molecule has 0 nitrogen and oxygen atoms in total. The molecule has 2 rings (SSSR count). The summed E-state index contributed by atoms with van der Waals surface area (Å²) in [6.45, 7) is 0. The summed E-state index contributed by atoms with van der Waals surface area (Å²) in [5.74, 6) is 0. The second kappa shape index (κ2) is 8.38. The van der Waals surface area contributed by atoms with E-state index in [1.807, 2.05) is 42.5 Å². The molecule has 0 aromatic heterocycles. The third-order valence-electron chi connectivity index (χ3n) is 1.19. The first-order valence-corrected chi connectivity index (χ1v) is 3.63. The molecule has 1 aromatic rings. The van der Waals surface area contributed by atoms with Crippen LogP contribution in [0.1, 0.15) is 6.42 Å². The molecule has 0 saturated heterocycles. The van der Waals surface area contributed by atoms with Gasteiger partial charge in [-0.1, -0.05) is 0 Å². The zero-order valence-corrected chi connectivity index (χ0v) is 8.17.